The number of benzene rings is 1. The lowest BCUT2D eigenvalue weighted by atomic mass is 10.3. The fourth-order valence-electron chi connectivity index (χ4n) is 1.66. The first-order chi connectivity index (χ1) is 9.11. The topological polar surface area (TPSA) is 64.7 Å². The van der Waals surface area contributed by atoms with E-state index in [4.69, 9.17) is 5.73 Å². The first-order valence-corrected chi connectivity index (χ1v) is 7.39. The van der Waals surface area contributed by atoms with Crippen molar-refractivity contribution in [1.82, 2.24) is 15.0 Å². The van der Waals surface area contributed by atoms with Crippen molar-refractivity contribution in [3.05, 3.63) is 35.8 Å². The maximum Gasteiger partial charge on any atom is 0.157 e. The van der Waals surface area contributed by atoms with Crippen molar-refractivity contribution in [3.8, 4) is 0 Å². The predicted octanol–water partition coefficient (Wildman–Crippen LogP) is 3.44. The minimum Gasteiger partial charge on any atom is -0.399 e. The van der Waals surface area contributed by atoms with E-state index in [0.717, 1.165) is 36.7 Å². The number of thiazole rings is 1. The van der Waals surface area contributed by atoms with E-state index in [9.17, 15) is 0 Å². The molecule has 0 atom stereocenters. The van der Waals surface area contributed by atoms with E-state index in [1.54, 1.807) is 29.3 Å². The molecule has 6 heteroatoms. The summed E-state index contributed by atoms with van der Waals surface area (Å²) >= 11 is 3.18. The maximum absolute atomic E-state index is 5.78. The molecule has 0 unspecified atom stereocenters. The molecule has 1 aromatic carbocycles. The molecule has 0 amide bonds. The highest BCUT2D eigenvalue weighted by Gasteiger charge is 2.09. The highest BCUT2D eigenvalue weighted by atomic mass is 32.2. The van der Waals surface area contributed by atoms with Gasteiger partial charge in [-0.3, -0.25) is 4.98 Å². The van der Waals surface area contributed by atoms with Crippen LogP contribution in [0.1, 0.15) is 11.4 Å². The molecule has 0 fully saturated rings. The zero-order valence-corrected chi connectivity index (χ0v) is 12.2. The maximum atomic E-state index is 5.78. The standard InChI is InChI=1S/C13H12N4S2/c1-7-6-15-8(2)12(16-7)19-13-17-10-4-3-9(14)5-11(10)18-13/h3-6H,14H2,1-2H3. The summed E-state index contributed by atoms with van der Waals surface area (Å²) in [5.41, 5.74) is 9.36. The van der Waals surface area contributed by atoms with E-state index in [1.807, 2.05) is 32.0 Å². The van der Waals surface area contributed by atoms with Crippen molar-refractivity contribution in [2.24, 2.45) is 0 Å². The van der Waals surface area contributed by atoms with Gasteiger partial charge in [-0.05, 0) is 43.8 Å². The summed E-state index contributed by atoms with van der Waals surface area (Å²) in [6.45, 7) is 3.90. The first kappa shape index (κ1) is 12.4. The monoisotopic (exact) mass is 288 g/mol. The summed E-state index contributed by atoms with van der Waals surface area (Å²) in [5.74, 6) is 0. The Morgan fingerprint density at radius 3 is 2.89 bits per heavy atom. The molecule has 0 radical (unpaired) electrons. The second-order valence-electron chi connectivity index (χ2n) is 4.21. The lowest BCUT2D eigenvalue weighted by Crippen LogP contribution is -1.92. The van der Waals surface area contributed by atoms with E-state index < -0.39 is 0 Å². The van der Waals surface area contributed by atoms with E-state index in [1.165, 1.54) is 0 Å². The molecule has 0 spiro atoms. The Kier molecular flexibility index (Phi) is 3.12. The Morgan fingerprint density at radius 2 is 2.05 bits per heavy atom. The number of nitrogen functional groups attached to an aromatic ring is 1. The van der Waals surface area contributed by atoms with Gasteiger partial charge in [-0.2, -0.15) is 0 Å². The number of nitrogens with zero attached hydrogens (tertiary/aromatic N) is 3. The number of hydrogen-bond donors (Lipinski definition) is 1. The van der Waals surface area contributed by atoms with Crippen LogP contribution in [0, 0.1) is 13.8 Å². The van der Waals surface area contributed by atoms with Crippen molar-refractivity contribution >= 4 is 39.0 Å². The Morgan fingerprint density at radius 1 is 1.21 bits per heavy atom. The first-order valence-electron chi connectivity index (χ1n) is 5.76. The van der Waals surface area contributed by atoms with E-state index in [2.05, 4.69) is 15.0 Å². The van der Waals surface area contributed by atoms with Gasteiger partial charge in [0.1, 0.15) is 5.03 Å². The van der Waals surface area contributed by atoms with Crippen LogP contribution in [0.4, 0.5) is 5.69 Å². The van der Waals surface area contributed by atoms with Crippen LogP contribution in [0.25, 0.3) is 10.2 Å². The molecule has 19 heavy (non-hydrogen) atoms. The van der Waals surface area contributed by atoms with Crippen molar-refractivity contribution < 1.29 is 0 Å². The molecule has 0 aliphatic carbocycles. The zero-order chi connectivity index (χ0) is 13.4. The molecule has 3 aromatic rings. The second-order valence-corrected chi connectivity index (χ2v) is 6.48. The third kappa shape index (κ3) is 2.54. The van der Waals surface area contributed by atoms with E-state index in [0.29, 0.717) is 0 Å². The molecule has 2 heterocycles. The SMILES string of the molecule is Cc1cnc(C)c(Sc2nc3ccc(N)cc3s2)n1. The van der Waals surface area contributed by atoms with Gasteiger partial charge in [-0.1, -0.05) is 0 Å². The van der Waals surface area contributed by atoms with Gasteiger partial charge in [0.25, 0.3) is 0 Å². The van der Waals surface area contributed by atoms with Crippen molar-refractivity contribution in [1.29, 1.82) is 0 Å². The van der Waals surface area contributed by atoms with Crippen molar-refractivity contribution in [3.63, 3.8) is 0 Å². The number of rotatable bonds is 2. The van der Waals surface area contributed by atoms with Gasteiger partial charge >= 0.3 is 0 Å². The van der Waals surface area contributed by atoms with Crippen LogP contribution >= 0.6 is 23.1 Å². The van der Waals surface area contributed by atoms with Crippen LogP contribution in [0.3, 0.4) is 0 Å². The normalized spacial score (nSPS) is 11.1. The molecule has 96 valence electrons. The molecular weight excluding hydrogens is 276 g/mol. The van der Waals surface area contributed by atoms with Crippen molar-refractivity contribution in [2.45, 2.75) is 23.2 Å². The third-order valence-corrected chi connectivity index (χ3v) is 4.77. The Bertz CT molecular complexity index is 751. The summed E-state index contributed by atoms with van der Waals surface area (Å²) in [7, 11) is 0. The lowest BCUT2D eigenvalue weighted by molar-refractivity contribution is 0.945. The predicted molar refractivity (Wildman–Crippen MR) is 79.7 cm³/mol. The fourth-order valence-corrected chi connectivity index (χ4v) is 3.78. The number of anilines is 1. The highest BCUT2D eigenvalue weighted by Crippen LogP contribution is 2.35. The summed E-state index contributed by atoms with van der Waals surface area (Å²) in [4.78, 5) is 13.4. The van der Waals surface area contributed by atoms with E-state index in [-0.39, 0.29) is 0 Å². The molecule has 0 saturated heterocycles. The van der Waals surface area contributed by atoms with Crippen LogP contribution in [0.15, 0.2) is 33.8 Å². The summed E-state index contributed by atoms with van der Waals surface area (Å²) in [5, 5.41) is 0.909. The van der Waals surface area contributed by atoms with Crippen LogP contribution in [0.2, 0.25) is 0 Å². The summed E-state index contributed by atoms with van der Waals surface area (Å²) < 4.78 is 2.06. The fraction of sp³-hybridized carbons (Fsp3) is 0.154. The van der Waals surface area contributed by atoms with Gasteiger partial charge in [0.15, 0.2) is 4.34 Å². The minimum absolute atomic E-state index is 0.763. The second kappa shape index (κ2) is 4.79. The van der Waals surface area contributed by atoms with Crippen LogP contribution in [0.5, 0.6) is 0 Å². The summed E-state index contributed by atoms with van der Waals surface area (Å²) in [6, 6.07) is 5.76. The molecule has 0 aliphatic rings. The average molecular weight is 288 g/mol. The van der Waals surface area contributed by atoms with Crippen LogP contribution in [-0.4, -0.2) is 15.0 Å². The average Bonchev–Trinajstić information content (AvgIpc) is 2.75. The smallest absolute Gasteiger partial charge is 0.157 e. The molecule has 2 aromatic heterocycles. The molecule has 2 N–H and O–H groups in total. The van der Waals surface area contributed by atoms with E-state index >= 15 is 0 Å². The molecule has 4 nitrogen and oxygen atoms in total. The minimum atomic E-state index is 0.763. The molecule has 3 rings (SSSR count). The van der Waals surface area contributed by atoms with Gasteiger partial charge in [0.05, 0.1) is 21.6 Å². The number of fused-ring (bicyclic) bond motifs is 1. The van der Waals surface area contributed by atoms with Crippen LogP contribution in [-0.2, 0) is 0 Å². The molecule has 0 aliphatic heterocycles. The summed E-state index contributed by atoms with van der Waals surface area (Å²) in [6.07, 6.45) is 1.78. The highest BCUT2D eigenvalue weighted by molar-refractivity contribution is 8.01. The molecular formula is C13H12N4S2. The number of aromatic nitrogens is 3. The zero-order valence-electron chi connectivity index (χ0n) is 10.5. The van der Waals surface area contributed by atoms with Gasteiger partial charge in [-0.15, -0.1) is 11.3 Å². The quantitative estimate of drug-likeness (QED) is 0.732. The third-order valence-electron chi connectivity index (χ3n) is 2.61. The number of nitrogens with two attached hydrogens (primary N) is 1. The number of aryl methyl sites for hydroxylation is 2. The van der Waals surface area contributed by atoms with Gasteiger partial charge in [0.2, 0.25) is 0 Å². The Balaban J connectivity index is 1.98. The van der Waals surface area contributed by atoms with Crippen molar-refractivity contribution in [2.75, 3.05) is 5.73 Å². The molecule has 0 saturated carbocycles. The lowest BCUT2D eigenvalue weighted by Gasteiger charge is -2.01. The van der Waals surface area contributed by atoms with Gasteiger partial charge in [-0.25, -0.2) is 9.97 Å². The number of hydrogen-bond acceptors (Lipinski definition) is 6. The van der Waals surface area contributed by atoms with Gasteiger partial charge < -0.3 is 5.73 Å². The molecule has 0 bridgehead atoms. The Labute approximate surface area is 119 Å². The largest absolute Gasteiger partial charge is 0.399 e. The Hall–Kier alpha value is -1.66. The van der Waals surface area contributed by atoms with Crippen LogP contribution < -0.4 is 5.73 Å². The van der Waals surface area contributed by atoms with Gasteiger partial charge in [0, 0.05) is 11.9 Å².